The van der Waals surface area contributed by atoms with Crippen LogP contribution in [0.1, 0.15) is 66.0 Å². The van der Waals surface area contributed by atoms with Gasteiger partial charge >= 0.3 is 5.97 Å². The van der Waals surface area contributed by atoms with Crippen molar-refractivity contribution in [1.82, 2.24) is 19.6 Å². The largest absolute Gasteiger partial charge is 0.462 e. The predicted molar refractivity (Wildman–Crippen MR) is 92.7 cm³/mol. The quantitative estimate of drug-likeness (QED) is 0.675. The molecule has 6 nitrogen and oxygen atoms in total. The predicted octanol–water partition coefficient (Wildman–Crippen LogP) is 3.87. The average molecular weight is 344 g/mol. The van der Waals surface area contributed by atoms with E-state index in [1.165, 1.54) is 30.6 Å². The van der Waals surface area contributed by atoms with E-state index in [0.29, 0.717) is 17.4 Å². The van der Waals surface area contributed by atoms with Gasteiger partial charge in [0.15, 0.2) is 5.65 Å². The highest BCUT2D eigenvalue weighted by atomic mass is 32.1. The first-order valence-electron chi connectivity index (χ1n) is 8.50. The van der Waals surface area contributed by atoms with Gasteiger partial charge in [-0.25, -0.2) is 9.78 Å². The minimum Gasteiger partial charge on any atom is -0.462 e. The van der Waals surface area contributed by atoms with Gasteiger partial charge in [-0.2, -0.15) is 0 Å². The number of rotatable bonds is 3. The summed E-state index contributed by atoms with van der Waals surface area (Å²) in [6.07, 6.45) is 7.93. The fraction of sp³-hybridized carbons (Fsp3) is 0.529. The van der Waals surface area contributed by atoms with Crippen molar-refractivity contribution in [2.45, 2.75) is 51.9 Å². The van der Waals surface area contributed by atoms with Crippen molar-refractivity contribution < 1.29 is 9.53 Å². The third-order valence-corrected chi connectivity index (χ3v) is 5.98. The van der Waals surface area contributed by atoms with Crippen molar-refractivity contribution >= 4 is 33.2 Å². The summed E-state index contributed by atoms with van der Waals surface area (Å²) >= 11 is 1.36. The molecule has 0 aliphatic heterocycles. The van der Waals surface area contributed by atoms with Crippen molar-refractivity contribution in [1.29, 1.82) is 0 Å². The smallest absolute Gasteiger partial charge is 0.348 e. The van der Waals surface area contributed by atoms with Gasteiger partial charge in [-0.15, -0.1) is 21.5 Å². The fourth-order valence-electron chi connectivity index (χ4n) is 3.58. The minimum atomic E-state index is -0.289. The lowest BCUT2D eigenvalue weighted by Crippen LogP contribution is -2.08. The molecule has 7 heteroatoms. The maximum atomic E-state index is 12.1. The van der Waals surface area contributed by atoms with E-state index < -0.39 is 0 Å². The first kappa shape index (κ1) is 15.5. The van der Waals surface area contributed by atoms with Crippen LogP contribution in [0.15, 0.2) is 6.33 Å². The number of aromatic nitrogens is 4. The van der Waals surface area contributed by atoms with Gasteiger partial charge in [0, 0.05) is 5.92 Å². The lowest BCUT2D eigenvalue weighted by Gasteiger charge is -2.19. The van der Waals surface area contributed by atoms with E-state index in [-0.39, 0.29) is 5.97 Å². The van der Waals surface area contributed by atoms with E-state index in [1.807, 2.05) is 18.2 Å². The SMILES string of the molecule is CCOC(=O)c1sc2ncn3c(C4CCCCC4)nnc3c2c1C. The van der Waals surface area contributed by atoms with Crippen molar-refractivity contribution in [2.75, 3.05) is 6.61 Å². The van der Waals surface area contributed by atoms with Crippen LogP contribution in [0.5, 0.6) is 0 Å². The number of hydrogen-bond donors (Lipinski definition) is 0. The summed E-state index contributed by atoms with van der Waals surface area (Å²) < 4.78 is 7.16. The van der Waals surface area contributed by atoms with E-state index >= 15 is 0 Å². The summed E-state index contributed by atoms with van der Waals surface area (Å²) in [7, 11) is 0. The zero-order valence-corrected chi connectivity index (χ0v) is 14.7. The van der Waals surface area contributed by atoms with Gasteiger partial charge in [0.05, 0.1) is 12.0 Å². The van der Waals surface area contributed by atoms with Gasteiger partial charge in [0.2, 0.25) is 0 Å². The fourth-order valence-corrected chi connectivity index (χ4v) is 4.62. The molecule has 0 amide bonds. The van der Waals surface area contributed by atoms with Crippen molar-refractivity contribution in [3.05, 3.63) is 22.6 Å². The zero-order valence-electron chi connectivity index (χ0n) is 13.9. The Morgan fingerprint density at radius 3 is 2.88 bits per heavy atom. The normalized spacial score (nSPS) is 16.1. The highest BCUT2D eigenvalue weighted by molar-refractivity contribution is 7.20. The number of fused-ring (bicyclic) bond motifs is 3. The summed E-state index contributed by atoms with van der Waals surface area (Å²) in [4.78, 5) is 18.1. The first-order valence-corrected chi connectivity index (χ1v) is 9.32. The van der Waals surface area contributed by atoms with Gasteiger partial charge in [0.1, 0.15) is 21.9 Å². The second kappa shape index (κ2) is 6.12. The van der Waals surface area contributed by atoms with E-state index in [2.05, 4.69) is 15.2 Å². The van der Waals surface area contributed by atoms with Crippen molar-refractivity contribution in [3.8, 4) is 0 Å². The number of carbonyl (C=O) groups excluding carboxylic acids is 1. The molecule has 3 aromatic heterocycles. The Labute approximate surface area is 143 Å². The third-order valence-electron chi connectivity index (χ3n) is 4.80. The monoisotopic (exact) mass is 344 g/mol. The Hall–Kier alpha value is -2.02. The van der Waals surface area contributed by atoms with Crippen LogP contribution in [-0.4, -0.2) is 32.2 Å². The van der Waals surface area contributed by atoms with Crippen LogP contribution >= 0.6 is 11.3 Å². The molecule has 1 saturated carbocycles. The topological polar surface area (TPSA) is 69.4 Å². The molecule has 24 heavy (non-hydrogen) atoms. The molecule has 4 rings (SSSR count). The Balaban J connectivity index is 1.85. The molecule has 1 aliphatic rings. The molecular weight excluding hydrogens is 324 g/mol. The number of hydrogen-bond acceptors (Lipinski definition) is 6. The van der Waals surface area contributed by atoms with Gasteiger partial charge in [-0.1, -0.05) is 19.3 Å². The third kappa shape index (κ3) is 2.38. The van der Waals surface area contributed by atoms with Gasteiger partial charge in [-0.3, -0.25) is 4.40 Å². The van der Waals surface area contributed by atoms with Crippen LogP contribution in [0.2, 0.25) is 0 Å². The molecule has 3 aromatic rings. The molecule has 0 unspecified atom stereocenters. The lowest BCUT2D eigenvalue weighted by atomic mass is 9.89. The maximum Gasteiger partial charge on any atom is 0.348 e. The highest BCUT2D eigenvalue weighted by Gasteiger charge is 2.24. The summed E-state index contributed by atoms with van der Waals surface area (Å²) in [5, 5.41) is 9.81. The summed E-state index contributed by atoms with van der Waals surface area (Å²) in [6, 6.07) is 0. The molecular formula is C17H20N4O2S. The number of ether oxygens (including phenoxy) is 1. The number of aryl methyl sites for hydroxylation is 1. The van der Waals surface area contributed by atoms with Crippen LogP contribution in [0, 0.1) is 6.92 Å². The first-order chi connectivity index (χ1) is 11.7. The van der Waals surface area contributed by atoms with Crippen molar-refractivity contribution in [3.63, 3.8) is 0 Å². The second-order valence-corrected chi connectivity index (χ2v) is 7.29. The van der Waals surface area contributed by atoms with Crippen LogP contribution < -0.4 is 0 Å². The molecule has 1 aliphatic carbocycles. The molecule has 0 atom stereocenters. The second-order valence-electron chi connectivity index (χ2n) is 6.29. The van der Waals surface area contributed by atoms with Gasteiger partial charge in [0.25, 0.3) is 0 Å². The molecule has 0 radical (unpaired) electrons. The number of esters is 1. The Morgan fingerprint density at radius 2 is 2.12 bits per heavy atom. The number of carbonyl (C=O) groups is 1. The van der Waals surface area contributed by atoms with Crippen LogP contribution in [-0.2, 0) is 4.74 Å². The standard InChI is InChI=1S/C17H20N4O2S/c1-3-23-17(22)13-10(2)12-15-20-19-14(11-7-5-4-6-8-11)21(15)9-18-16(12)24-13/h9,11H,3-8H2,1-2H3. The molecule has 0 N–H and O–H groups in total. The Kier molecular flexibility index (Phi) is 3.96. The van der Waals surface area contributed by atoms with Crippen LogP contribution in [0.3, 0.4) is 0 Å². The highest BCUT2D eigenvalue weighted by Crippen LogP contribution is 2.35. The van der Waals surface area contributed by atoms with Crippen molar-refractivity contribution in [2.24, 2.45) is 0 Å². The maximum absolute atomic E-state index is 12.1. The summed E-state index contributed by atoms with van der Waals surface area (Å²) in [5.41, 5.74) is 1.68. The van der Waals surface area contributed by atoms with Crippen LogP contribution in [0.25, 0.3) is 15.9 Å². The summed E-state index contributed by atoms with van der Waals surface area (Å²) in [6.45, 7) is 4.11. The van der Waals surface area contributed by atoms with Gasteiger partial charge in [-0.05, 0) is 32.3 Å². The number of thiophene rings is 1. The zero-order chi connectivity index (χ0) is 16.7. The Morgan fingerprint density at radius 1 is 1.33 bits per heavy atom. The minimum absolute atomic E-state index is 0.289. The average Bonchev–Trinajstić information content (AvgIpc) is 3.17. The molecule has 126 valence electrons. The lowest BCUT2D eigenvalue weighted by molar-refractivity contribution is 0.0531. The molecule has 3 heterocycles. The summed E-state index contributed by atoms with van der Waals surface area (Å²) in [5.74, 6) is 1.17. The van der Waals surface area contributed by atoms with Gasteiger partial charge < -0.3 is 4.74 Å². The molecule has 1 fully saturated rings. The Bertz CT molecular complexity index is 908. The van der Waals surface area contributed by atoms with Crippen LogP contribution in [0.4, 0.5) is 0 Å². The van der Waals surface area contributed by atoms with E-state index in [9.17, 15) is 4.79 Å². The van der Waals surface area contributed by atoms with E-state index in [4.69, 9.17) is 4.74 Å². The van der Waals surface area contributed by atoms with E-state index in [0.717, 1.165) is 40.1 Å². The molecule has 0 spiro atoms. The van der Waals surface area contributed by atoms with E-state index in [1.54, 1.807) is 6.33 Å². The molecule has 0 bridgehead atoms. The molecule has 0 aromatic carbocycles. The number of nitrogens with zero attached hydrogens (tertiary/aromatic N) is 4. The molecule has 0 saturated heterocycles.